The molecule has 2 bridgehead atoms. The van der Waals surface area contributed by atoms with E-state index in [1.54, 1.807) is 6.08 Å². The fourth-order valence-electron chi connectivity index (χ4n) is 9.27. The number of carbonyl (C=O) groups is 3. The molecule has 0 aromatic rings. The van der Waals surface area contributed by atoms with E-state index in [0.717, 1.165) is 31.3 Å². The summed E-state index contributed by atoms with van der Waals surface area (Å²) in [7, 11) is 0. The average Bonchev–Trinajstić information content (AvgIpc) is 3.34. The van der Waals surface area contributed by atoms with Crippen LogP contribution in [0.15, 0.2) is 11.6 Å². The standard InChI is InChI=1S/C25H32O7/c1-14(26)31-16-5-8-24-19-6-7-22(2)17(15-11-20(27)30-13-15)3-4-18(22)25(19,32-21(24)28)10-9-23(24,29)12-16/h11,16-19,29H,3-10,12-13H2,1-2H3. The summed E-state index contributed by atoms with van der Waals surface area (Å²) in [5.41, 5.74) is -1.58. The molecule has 1 spiro atoms. The number of aliphatic hydroxyl groups is 1. The Labute approximate surface area is 187 Å². The number of rotatable bonds is 2. The third-order valence-electron chi connectivity index (χ3n) is 10.4. The minimum absolute atomic E-state index is 0.00760. The third-order valence-corrected chi connectivity index (χ3v) is 10.4. The number of cyclic esters (lactones) is 1. The molecule has 2 heterocycles. The fourth-order valence-corrected chi connectivity index (χ4v) is 9.27. The van der Waals surface area contributed by atoms with Gasteiger partial charge in [-0.25, -0.2) is 4.79 Å². The van der Waals surface area contributed by atoms with Crippen LogP contribution in [0.4, 0.5) is 0 Å². The van der Waals surface area contributed by atoms with Crippen LogP contribution < -0.4 is 0 Å². The SMILES string of the molecule is CC(=O)OC1CCC23C(=O)OC4(CCC2(O)C1)C1CCC(C2=CC(=O)OC2)C1(C)CCC43. The zero-order valence-electron chi connectivity index (χ0n) is 18.9. The number of ether oxygens (including phenoxy) is 3. The highest BCUT2D eigenvalue weighted by atomic mass is 16.6. The van der Waals surface area contributed by atoms with Gasteiger partial charge in [0.1, 0.15) is 23.7 Å². The number of hydrogen-bond acceptors (Lipinski definition) is 7. The first kappa shape index (κ1) is 20.7. The van der Waals surface area contributed by atoms with Crippen molar-refractivity contribution in [2.24, 2.45) is 28.6 Å². The summed E-state index contributed by atoms with van der Waals surface area (Å²) < 4.78 is 17.1. The zero-order valence-corrected chi connectivity index (χ0v) is 18.9. The molecule has 8 atom stereocenters. The molecule has 4 aliphatic carbocycles. The van der Waals surface area contributed by atoms with Gasteiger partial charge in [-0.3, -0.25) is 9.59 Å². The van der Waals surface area contributed by atoms with Gasteiger partial charge < -0.3 is 19.3 Å². The lowest BCUT2D eigenvalue weighted by Gasteiger charge is -2.61. The first-order valence-corrected chi connectivity index (χ1v) is 12.1. The van der Waals surface area contributed by atoms with Crippen molar-refractivity contribution in [2.45, 2.75) is 88.9 Å². The molecule has 174 valence electrons. The van der Waals surface area contributed by atoms with Crippen molar-refractivity contribution < 1.29 is 33.7 Å². The Morgan fingerprint density at radius 2 is 1.91 bits per heavy atom. The number of hydrogen-bond donors (Lipinski definition) is 1. The molecule has 0 aromatic carbocycles. The smallest absolute Gasteiger partial charge is 0.331 e. The first-order chi connectivity index (χ1) is 15.1. The van der Waals surface area contributed by atoms with Crippen LogP contribution in [0.25, 0.3) is 0 Å². The van der Waals surface area contributed by atoms with Gasteiger partial charge in [0.15, 0.2) is 0 Å². The molecular weight excluding hydrogens is 412 g/mol. The summed E-state index contributed by atoms with van der Waals surface area (Å²) in [5.74, 6) is -0.360. The van der Waals surface area contributed by atoms with E-state index in [1.165, 1.54) is 6.92 Å². The van der Waals surface area contributed by atoms with Crippen LogP contribution in [-0.4, -0.2) is 46.9 Å². The van der Waals surface area contributed by atoms with E-state index in [4.69, 9.17) is 14.2 Å². The lowest BCUT2D eigenvalue weighted by atomic mass is 9.42. The molecule has 0 aromatic heterocycles. The molecule has 6 aliphatic rings. The Bertz CT molecular complexity index is 941. The van der Waals surface area contributed by atoms with Gasteiger partial charge >= 0.3 is 17.9 Å². The molecular formula is C25H32O7. The number of fused-ring (bicyclic) bond motifs is 1. The topological polar surface area (TPSA) is 99.1 Å². The van der Waals surface area contributed by atoms with Crippen LogP contribution in [0.5, 0.6) is 0 Å². The molecule has 8 unspecified atom stereocenters. The molecule has 0 radical (unpaired) electrons. The Morgan fingerprint density at radius 1 is 1.09 bits per heavy atom. The first-order valence-electron chi connectivity index (χ1n) is 12.1. The molecule has 32 heavy (non-hydrogen) atoms. The van der Waals surface area contributed by atoms with Crippen LogP contribution >= 0.6 is 0 Å². The van der Waals surface area contributed by atoms with Crippen LogP contribution in [0.3, 0.4) is 0 Å². The minimum atomic E-state index is -1.19. The molecule has 1 N–H and O–H groups in total. The zero-order chi connectivity index (χ0) is 22.5. The maximum atomic E-state index is 13.6. The molecule has 0 amide bonds. The minimum Gasteiger partial charge on any atom is -0.462 e. The highest BCUT2D eigenvalue weighted by Crippen LogP contribution is 2.75. The molecule has 2 aliphatic heterocycles. The third kappa shape index (κ3) is 2.33. The quantitative estimate of drug-likeness (QED) is 0.516. The summed E-state index contributed by atoms with van der Waals surface area (Å²) in [6, 6.07) is 0. The molecule has 4 saturated carbocycles. The van der Waals surface area contributed by atoms with Crippen molar-refractivity contribution in [3.8, 4) is 0 Å². The Balaban J connectivity index is 1.35. The van der Waals surface area contributed by atoms with E-state index < -0.39 is 16.6 Å². The van der Waals surface area contributed by atoms with Gasteiger partial charge in [-0.05, 0) is 68.3 Å². The Kier molecular flexibility index (Phi) is 4.12. The Morgan fingerprint density at radius 3 is 2.62 bits per heavy atom. The van der Waals surface area contributed by atoms with Gasteiger partial charge in [-0.2, -0.15) is 0 Å². The molecule has 5 fully saturated rings. The van der Waals surface area contributed by atoms with Crippen LogP contribution in [-0.2, 0) is 28.6 Å². The fraction of sp³-hybridized carbons (Fsp3) is 0.800. The van der Waals surface area contributed by atoms with Crippen molar-refractivity contribution >= 4 is 17.9 Å². The molecule has 6 rings (SSSR count). The molecule has 7 heteroatoms. The lowest BCUT2D eigenvalue weighted by molar-refractivity contribution is -0.218. The molecule has 7 nitrogen and oxygen atoms in total. The van der Waals surface area contributed by atoms with Gasteiger partial charge in [0.25, 0.3) is 0 Å². The number of esters is 3. The second-order valence-corrected chi connectivity index (χ2v) is 11.4. The van der Waals surface area contributed by atoms with Crippen LogP contribution in [0.1, 0.15) is 71.6 Å². The van der Waals surface area contributed by atoms with E-state index >= 15 is 0 Å². The summed E-state index contributed by atoms with van der Waals surface area (Å²) >= 11 is 0. The van der Waals surface area contributed by atoms with Gasteiger partial charge in [0.2, 0.25) is 0 Å². The predicted molar refractivity (Wildman–Crippen MR) is 111 cm³/mol. The van der Waals surface area contributed by atoms with Crippen LogP contribution in [0.2, 0.25) is 0 Å². The predicted octanol–water partition coefficient (Wildman–Crippen LogP) is 2.83. The Hall–Kier alpha value is -1.89. The van der Waals surface area contributed by atoms with Crippen molar-refractivity contribution in [2.75, 3.05) is 6.61 Å². The van der Waals surface area contributed by atoms with E-state index in [2.05, 4.69) is 6.92 Å². The number of carbonyl (C=O) groups excluding carboxylic acids is 3. The average molecular weight is 445 g/mol. The van der Waals surface area contributed by atoms with Gasteiger partial charge in [-0.15, -0.1) is 0 Å². The summed E-state index contributed by atoms with van der Waals surface area (Å²) in [6.45, 7) is 4.07. The van der Waals surface area contributed by atoms with Crippen molar-refractivity contribution in [1.29, 1.82) is 0 Å². The van der Waals surface area contributed by atoms with Crippen molar-refractivity contribution in [1.82, 2.24) is 0 Å². The van der Waals surface area contributed by atoms with Gasteiger partial charge in [-0.1, -0.05) is 6.92 Å². The van der Waals surface area contributed by atoms with Crippen molar-refractivity contribution in [3.05, 3.63) is 11.6 Å². The summed E-state index contributed by atoms with van der Waals surface area (Å²) in [6.07, 6.45) is 7.58. The maximum Gasteiger partial charge on any atom is 0.331 e. The van der Waals surface area contributed by atoms with E-state index in [-0.39, 0.29) is 47.2 Å². The van der Waals surface area contributed by atoms with Gasteiger partial charge in [0, 0.05) is 31.3 Å². The molecule has 1 saturated heterocycles. The van der Waals surface area contributed by atoms with Gasteiger partial charge in [0.05, 0.1) is 5.60 Å². The maximum absolute atomic E-state index is 13.6. The van der Waals surface area contributed by atoms with Crippen LogP contribution in [0, 0.1) is 28.6 Å². The highest BCUT2D eigenvalue weighted by Gasteiger charge is 2.80. The largest absolute Gasteiger partial charge is 0.462 e. The second-order valence-electron chi connectivity index (χ2n) is 11.4. The van der Waals surface area contributed by atoms with E-state index in [0.29, 0.717) is 38.7 Å². The summed E-state index contributed by atoms with van der Waals surface area (Å²) in [4.78, 5) is 36.9. The lowest BCUT2D eigenvalue weighted by Crippen LogP contribution is -2.67. The summed E-state index contributed by atoms with van der Waals surface area (Å²) in [5, 5.41) is 11.9. The second kappa shape index (κ2) is 6.37. The monoisotopic (exact) mass is 444 g/mol. The van der Waals surface area contributed by atoms with Crippen molar-refractivity contribution in [3.63, 3.8) is 0 Å². The highest BCUT2D eigenvalue weighted by molar-refractivity contribution is 5.85. The normalized spacial score (nSPS) is 51.2. The van der Waals surface area contributed by atoms with E-state index in [1.807, 2.05) is 0 Å². The van der Waals surface area contributed by atoms with E-state index in [9.17, 15) is 19.5 Å².